The van der Waals surface area contributed by atoms with E-state index in [1.165, 1.54) is 18.0 Å². The van der Waals surface area contributed by atoms with E-state index in [4.69, 9.17) is 45.5 Å². The largest absolute Gasteiger partial charge is 0.365 e. The zero-order valence-corrected chi connectivity index (χ0v) is 48.2. The Morgan fingerprint density at radius 3 is 1.29 bits per heavy atom. The Morgan fingerprint density at radius 2 is 0.861 bits per heavy atom. The Hall–Kier alpha value is -7.11. The van der Waals surface area contributed by atoms with Gasteiger partial charge < -0.3 is 11.1 Å². The van der Waals surface area contributed by atoms with Crippen LogP contribution in [0.15, 0.2) is 204 Å². The van der Waals surface area contributed by atoms with Gasteiger partial charge in [0.1, 0.15) is 31.1 Å². The second-order valence-electron chi connectivity index (χ2n) is 20.4. The molecule has 10 rings (SSSR count). The molecule has 0 bridgehead atoms. The number of aromatic nitrogens is 4. The Bertz CT molecular complexity index is 3980. The van der Waals surface area contributed by atoms with Crippen LogP contribution in [0.3, 0.4) is 0 Å². The fourth-order valence-electron chi connectivity index (χ4n) is 8.75. The van der Waals surface area contributed by atoms with Crippen LogP contribution in [0.4, 0.5) is 5.82 Å². The summed E-state index contributed by atoms with van der Waals surface area (Å²) < 4.78 is 57.2. The Morgan fingerprint density at radius 1 is 0.456 bits per heavy atom. The molecular formula is C62H59Cl3N8O4S2. The summed E-state index contributed by atoms with van der Waals surface area (Å²) in [5, 5.41) is 7.41. The lowest BCUT2D eigenvalue weighted by Gasteiger charge is -2.21. The number of hydrogen-bond donors (Lipinski definition) is 4. The number of fused-ring (bicyclic) bond motifs is 2. The van der Waals surface area contributed by atoms with E-state index in [1.54, 1.807) is 66.1 Å². The molecule has 0 aliphatic rings. The average molecular weight is 1150 g/mol. The molecule has 12 nitrogen and oxygen atoms in total. The molecule has 0 aliphatic heterocycles. The number of rotatable bonds is 12. The molecule has 0 saturated carbocycles. The van der Waals surface area contributed by atoms with Crippen molar-refractivity contribution in [2.75, 3.05) is 5.32 Å². The van der Waals surface area contributed by atoms with E-state index in [-0.39, 0.29) is 25.3 Å². The maximum atomic E-state index is 13.1. The van der Waals surface area contributed by atoms with Gasteiger partial charge in [0.05, 0.1) is 0 Å². The molecule has 0 aliphatic carbocycles. The number of nitrogens with one attached hydrogen (secondary N) is 3. The van der Waals surface area contributed by atoms with E-state index in [9.17, 15) is 16.8 Å². The first-order chi connectivity index (χ1) is 37.6. The molecule has 17 heteroatoms. The number of benzene rings is 6. The predicted molar refractivity (Wildman–Crippen MR) is 324 cm³/mol. The molecule has 0 unspecified atom stereocenters. The number of pyridine rings is 4. The van der Waals surface area contributed by atoms with E-state index < -0.39 is 31.1 Å². The van der Waals surface area contributed by atoms with Crippen molar-refractivity contribution in [2.45, 2.75) is 75.5 Å². The smallest absolute Gasteiger partial charge is 0.242 e. The number of anilines is 1. The van der Waals surface area contributed by atoms with E-state index in [2.05, 4.69) is 47.9 Å². The predicted octanol–water partition coefficient (Wildman–Crippen LogP) is 14.8. The van der Waals surface area contributed by atoms with Crippen LogP contribution in [0.1, 0.15) is 52.7 Å². The van der Waals surface area contributed by atoms with Crippen molar-refractivity contribution in [1.82, 2.24) is 29.4 Å². The Kier molecular flexibility index (Phi) is 18.3. The summed E-state index contributed by atoms with van der Waals surface area (Å²) in [6, 6.07) is 54.9. The maximum absolute atomic E-state index is 13.1. The summed E-state index contributed by atoms with van der Waals surface area (Å²) in [4.78, 5) is 17.7. The summed E-state index contributed by atoms with van der Waals surface area (Å²) in [5.41, 5.74) is 12.6. The minimum absolute atomic E-state index is 0.0447. The lowest BCUT2D eigenvalue weighted by atomic mass is 9.94. The summed E-state index contributed by atoms with van der Waals surface area (Å²) in [5.74, 6) is 0.646. The fourth-order valence-corrected chi connectivity index (χ4v) is 12.5. The van der Waals surface area contributed by atoms with Crippen LogP contribution in [-0.2, 0) is 33.1 Å². The number of hydrogen-bond acceptors (Lipinski definition) is 10. The average Bonchev–Trinajstić information content (AvgIpc) is 3.60. The number of halogens is 3. The molecule has 5 N–H and O–H groups in total. The first-order valence-electron chi connectivity index (χ1n) is 25.1. The molecular weight excluding hydrogens is 1090 g/mol. The SMILES string of the molecule is CC(C)(C)NS(=O)(=O)c1cncc(-c2c(Cl)nc(Cl)c3c(-c4ccccc4)cccc23)c1.CC(C)(C)NS(=O)(=O)c1cncc(-c2c(Cl)nc(NCc3ccccc3)c3c(-c4ccccc4)cccc23)c1.NCc1ccccc1. The second kappa shape index (κ2) is 24.9. The molecule has 0 amide bonds. The van der Waals surface area contributed by atoms with Crippen LogP contribution in [-0.4, -0.2) is 47.8 Å². The van der Waals surface area contributed by atoms with Crippen LogP contribution in [0, 0.1) is 0 Å². The fraction of sp³-hybridized carbons (Fsp3) is 0.161. The molecule has 4 aromatic heterocycles. The van der Waals surface area contributed by atoms with Crippen molar-refractivity contribution in [1.29, 1.82) is 0 Å². The van der Waals surface area contributed by atoms with Gasteiger partial charge in [0.25, 0.3) is 0 Å². The minimum Gasteiger partial charge on any atom is -0.365 e. The van der Waals surface area contributed by atoms with E-state index in [1.807, 2.05) is 140 Å². The van der Waals surface area contributed by atoms with Gasteiger partial charge in [0.2, 0.25) is 20.0 Å². The van der Waals surface area contributed by atoms with Crippen molar-refractivity contribution in [3.8, 4) is 44.5 Å². The van der Waals surface area contributed by atoms with Crippen LogP contribution in [0.25, 0.3) is 66.1 Å². The first kappa shape index (κ1) is 58.0. The third-order valence-electron chi connectivity index (χ3n) is 12.0. The summed E-state index contributed by atoms with van der Waals surface area (Å²) >= 11 is 19.9. The van der Waals surface area contributed by atoms with Gasteiger partial charge in [0, 0.05) is 82.0 Å². The molecule has 0 fully saturated rings. The van der Waals surface area contributed by atoms with E-state index in [0.717, 1.165) is 49.4 Å². The monoisotopic (exact) mass is 1150 g/mol. The van der Waals surface area contributed by atoms with Gasteiger partial charge in [-0.1, -0.05) is 193 Å². The molecule has 4 heterocycles. The van der Waals surface area contributed by atoms with Gasteiger partial charge in [-0.2, -0.15) is 0 Å². The van der Waals surface area contributed by atoms with Crippen molar-refractivity contribution >= 4 is 82.2 Å². The molecule has 404 valence electrons. The second-order valence-corrected chi connectivity index (χ2v) is 24.9. The standard InChI is InChI=1S/C31H29ClN4O2S.C24H21Cl2N3O2S.C7H9N/c1-31(2,3)36-39(37,38)24-17-23(19-33-20-24)27-26-16-10-15-25(22-13-8-5-9-14-22)28(26)30(35-29(27)32)34-18-21-11-6-4-7-12-21;1-24(2,3)29-32(30,31)17-12-16(13-27-14-17)20-19-11-7-10-18(15-8-5-4-6-9-15)21(19)23(26)28-22(20)25;8-6-7-4-2-1-3-5-7/h4-17,19-20,36H,18H2,1-3H3,(H,34,35);4-14,29H,1-3H3;1-5H,6,8H2. The third-order valence-corrected chi connectivity index (χ3v) is 16.3. The minimum atomic E-state index is -3.80. The van der Waals surface area contributed by atoms with Gasteiger partial charge in [-0.05, 0) is 97.8 Å². The quantitative estimate of drug-likeness (QED) is 0.0859. The van der Waals surface area contributed by atoms with Gasteiger partial charge in [-0.3, -0.25) is 9.97 Å². The Labute approximate surface area is 477 Å². The topological polar surface area (TPSA) is 182 Å². The summed E-state index contributed by atoms with van der Waals surface area (Å²) in [6.45, 7) is 11.9. The maximum Gasteiger partial charge on any atom is 0.242 e. The van der Waals surface area contributed by atoms with Crippen molar-refractivity contribution in [3.63, 3.8) is 0 Å². The molecule has 0 radical (unpaired) electrons. The van der Waals surface area contributed by atoms with Crippen molar-refractivity contribution in [2.24, 2.45) is 5.73 Å². The van der Waals surface area contributed by atoms with Crippen LogP contribution in [0.5, 0.6) is 0 Å². The first-order valence-corrected chi connectivity index (χ1v) is 29.2. The van der Waals surface area contributed by atoms with Gasteiger partial charge in [0.15, 0.2) is 0 Å². The Balaban J connectivity index is 0.000000185. The van der Waals surface area contributed by atoms with Crippen LogP contribution < -0.4 is 20.5 Å². The highest BCUT2D eigenvalue weighted by Crippen LogP contribution is 2.44. The van der Waals surface area contributed by atoms with Crippen molar-refractivity contribution in [3.05, 3.63) is 221 Å². The number of sulfonamides is 2. The highest BCUT2D eigenvalue weighted by molar-refractivity contribution is 7.89. The zero-order chi connectivity index (χ0) is 56.5. The molecule has 0 spiro atoms. The molecule has 79 heavy (non-hydrogen) atoms. The normalized spacial score (nSPS) is 11.8. The van der Waals surface area contributed by atoms with Gasteiger partial charge >= 0.3 is 0 Å². The van der Waals surface area contributed by atoms with E-state index >= 15 is 0 Å². The lowest BCUT2D eigenvalue weighted by Crippen LogP contribution is -2.40. The highest BCUT2D eigenvalue weighted by Gasteiger charge is 2.26. The molecule has 0 atom stereocenters. The molecule has 10 aromatic rings. The zero-order valence-electron chi connectivity index (χ0n) is 44.3. The summed E-state index contributed by atoms with van der Waals surface area (Å²) in [6.07, 6.45) is 5.84. The highest BCUT2D eigenvalue weighted by atomic mass is 35.5. The van der Waals surface area contributed by atoms with E-state index in [0.29, 0.717) is 41.2 Å². The van der Waals surface area contributed by atoms with Gasteiger partial charge in [-0.15, -0.1) is 0 Å². The van der Waals surface area contributed by atoms with Gasteiger partial charge in [-0.25, -0.2) is 36.2 Å². The number of nitrogens with zero attached hydrogens (tertiary/aromatic N) is 4. The lowest BCUT2D eigenvalue weighted by molar-refractivity contribution is 0.489. The van der Waals surface area contributed by atoms with Crippen LogP contribution >= 0.6 is 34.8 Å². The van der Waals surface area contributed by atoms with Crippen LogP contribution in [0.2, 0.25) is 15.5 Å². The summed E-state index contributed by atoms with van der Waals surface area (Å²) in [7, 11) is -7.58. The van der Waals surface area contributed by atoms with Crippen molar-refractivity contribution < 1.29 is 16.8 Å². The molecule has 6 aromatic carbocycles. The molecule has 0 saturated heterocycles. The third kappa shape index (κ3) is 14.6. The number of nitrogens with two attached hydrogens (primary N) is 1.